The van der Waals surface area contributed by atoms with Crippen molar-refractivity contribution in [2.45, 2.75) is 13.3 Å². The van der Waals surface area contributed by atoms with Gasteiger partial charge < -0.3 is 10.1 Å². The highest BCUT2D eigenvalue weighted by Gasteiger charge is 2.15. The van der Waals surface area contributed by atoms with E-state index in [2.05, 4.69) is 11.9 Å². The molecule has 0 aromatic carbocycles. The molecule has 0 aliphatic carbocycles. The van der Waals surface area contributed by atoms with Crippen LogP contribution in [-0.4, -0.2) is 26.3 Å². The highest BCUT2D eigenvalue weighted by Crippen LogP contribution is 2.07. The van der Waals surface area contributed by atoms with E-state index in [0.717, 1.165) is 24.7 Å². The van der Waals surface area contributed by atoms with Crippen molar-refractivity contribution in [1.82, 2.24) is 5.32 Å². The third-order valence-corrected chi connectivity index (χ3v) is 1.88. The maximum absolute atomic E-state index is 5.37. The van der Waals surface area contributed by atoms with Crippen LogP contribution in [0.2, 0.25) is 0 Å². The van der Waals surface area contributed by atoms with E-state index < -0.39 is 0 Å². The van der Waals surface area contributed by atoms with Crippen molar-refractivity contribution in [3.05, 3.63) is 12.2 Å². The molecule has 2 nitrogen and oxygen atoms in total. The number of nitrogens with one attached hydrogen (secondary N) is 1. The maximum Gasteiger partial charge on any atom is 0.0671 e. The van der Waals surface area contributed by atoms with Gasteiger partial charge in [0.05, 0.1) is 6.61 Å². The van der Waals surface area contributed by atoms with Crippen molar-refractivity contribution in [2.24, 2.45) is 5.92 Å². The number of hydrogen-bond acceptors (Lipinski definition) is 2. The quantitative estimate of drug-likeness (QED) is 0.475. The average molecular weight is 155 g/mol. The van der Waals surface area contributed by atoms with Gasteiger partial charge in [-0.05, 0) is 32.4 Å². The Balaban J connectivity index is 1.83. The van der Waals surface area contributed by atoms with Gasteiger partial charge in [-0.3, -0.25) is 0 Å². The lowest BCUT2D eigenvalue weighted by molar-refractivity contribution is 0.129. The van der Waals surface area contributed by atoms with Crippen LogP contribution in [0.4, 0.5) is 0 Å². The first-order valence-electron chi connectivity index (χ1n) is 4.22. The van der Waals surface area contributed by atoms with Crippen LogP contribution in [0.5, 0.6) is 0 Å². The van der Waals surface area contributed by atoms with Gasteiger partial charge in [0, 0.05) is 6.61 Å². The van der Waals surface area contributed by atoms with E-state index in [-0.39, 0.29) is 0 Å². The molecule has 1 saturated heterocycles. The molecular weight excluding hydrogens is 138 g/mol. The van der Waals surface area contributed by atoms with Crippen molar-refractivity contribution in [2.75, 3.05) is 26.3 Å². The Hall–Kier alpha value is -0.340. The monoisotopic (exact) mass is 155 g/mol. The first-order chi connectivity index (χ1) is 5.29. The van der Waals surface area contributed by atoms with E-state index in [4.69, 9.17) is 4.74 Å². The number of ether oxygens (including phenoxy) is 1. The van der Waals surface area contributed by atoms with Gasteiger partial charge in [-0.25, -0.2) is 0 Å². The lowest BCUT2D eigenvalue weighted by Crippen LogP contribution is -2.42. The fourth-order valence-electron chi connectivity index (χ4n) is 1.05. The highest BCUT2D eigenvalue weighted by molar-refractivity contribution is 4.87. The van der Waals surface area contributed by atoms with E-state index in [0.29, 0.717) is 0 Å². The van der Waals surface area contributed by atoms with Crippen LogP contribution in [0.25, 0.3) is 0 Å². The Kier molecular flexibility index (Phi) is 3.60. The van der Waals surface area contributed by atoms with E-state index in [1.807, 2.05) is 6.92 Å². The molecule has 11 heavy (non-hydrogen) atoms. The highest BCUT2D eigenvalue weighted by atomic mass is 16.5. The predicted octanol–water partition coefficient (Wildman–Crippen LogP) is 1.19. The van der Waals surface area contributed by atoms with Gasteiger partial charge in [0.1, 0.15) is 0 Å². The molecule has 0 amide bonds. The van der Waals surface area contributed by atoms with E-state index >= 15 is 0 Å². The smallest absolute Gasteiger partial charge is 0.0671 e. The Bertz CT molecular complexity index is 130. The van der Waals surface area contributed by atoms with Crippen molar-refractivity contribution in [1.29, 1.82) is 0 Å². The summed E-state index contributed by atoms with van der Waals surface area (Å²) in [5, 5.41) is 3.24. The molecule has 1 rings (SSSR count). The second kappa shape index (κ2) is 4.52. The maximum atomic E-state index is 5.37. The lowest BCUT2D eigenvalue weighted by Gasteiger charge is -2.26. The molecule has 1 heterocycles. The summed E-state index contributed by atoms with van der Waals surface area (Å²) in [7, 11) is 0. The van der Waals surface area contributed by atoms with Crippen LogP contribution in [0.15, 0.2) is 12.2 Å². The summed E-state index contributed by atoms with van der Waals surface area (Å²) in [6.07, 6.45) is 1.19. The first-order valence-corrected chi connectivity index (χ1v) is 4.22. The van der Waals surface area contributed by atoms with Crippen LogP contribution in [0.3, 0.4) is 0 Å². The third kappa shape index (κ3) is 3.54. The molecule has 1 N–H and O–H groups in total. The molecule has 0 radical (unpaired) electrons. The first kappa shape index (κ1) is 8.75. The molecule has 0 spiro atoms. The van der Waals surface area contributed by atoms with Crippen molar-refractivity contribution >= 4 is 0 Å². The molecule has 0 aromatic heterocycles. The lowest BCUT2D eigenvalue weighted by atomic mass is 10.0. The normalized spacial score (nSPS) is 17.9. The molecule has 1 fully saturated rings. The second-order valence-corrected chi connectivity index (χ2v) is 3.32. The minimum Gasteiger partial charge on any atom is -0.377 e. The summed E-state index contributed by atoms with van der Waals surface area (Å²) >= 11 is 0. The van der Waals surface area contributed by atoms with Gasteiger partial charge in [-0.2, -0.15) is 0 Å². The zero-order chi connectivity index (χ0) is 8.10. The average Bonchev–Trinajstić information content (AvgIpc) is 1.82. The van der Waals surface area contributed by atoms with Crippen molar-refractivity contribution < 1.29 is 4.74 Å². The van der Waals surface area contributed by atoms with E-state index in [9.17, 15) is 0 Å². The van der Waals surface area contributed by atoms with Gasteiger partial charge in [0.25, 0.3) is 0 Å². The third-order valence-electron chi connectivity index (χ3n) is 1.88. The zero-order valence-corrected chi connectivity index (χ0v) is 7.23. The molecule has 2 heteroatoms. The summed E-state index contributed by atoms with van der Waals surface area (Å²) in [4.78, 5) is 0. The predicted molar refractivity (Wildman–Crippen MR) is 46.6 cm³/mol. The zero-order valence-electron chi connectivity index (χ0n) is 7.23. The summed E-state index contributed by atoms with van der Waals surface area (Å²) in [6.45, 7) is 9.72. The van der Waals surface area contributed by atoms with Crippen molar-refractivity contribution in [3.8, 4) is 0 Å². The van der Waals surface area contributed by atoms with Crippen LogP contribution >= 0.6 is 0 Å². The fourth-order valence-corrected chi connectivity index (χ4v) is 1.05. The molecule has 1 aliphatic rings. The van der Waals surface area contributed by atoms with Gasteiger partial charge in [-0.1, -0.05) is 12.2 Å². The van der Waals surface area contributed by atoms with Crippen LogP contribution < -0.4 is 5.32 Å². The molecule has 1 aliphatic heterocycles. The Morgan fingerprint density at radius 1 is 1.64 bits per heavy atom. The summed E-state index contributed by atoms with van der Waals surface area (Å²) < 4.78 is 5.37. The standard InChI is InChI=1S/C9H17NO/c1-8(2)7-11-4-3-9-5-10-6-9/h9-10H,1,3-7H2,2H3. The van der Waals surface area contributed by atoms with Gasteiger partial charge in [-0.15, -0.1) is 0 Å². The number of rotatable bonds is 5. The second-order valence-electron chi connectivity index (χ2n) is 3.32. The Morgan fingerprint density at radius 3 is 2.82 bits per heavy atom. The van der Waals surface area contributed by atoms with Gasteiger partial charge in [0.15, 0.2) is 0 Å². The Morgan fingerprint density at radius 2 is 2.36 bits per heavy atom. The molecule has 0 atom stereocenters. The molecule has 64 valence electrons. The largest absolute Gasteiger partial charge is 0.377 e. The molecular formula is C9H17NO. The van der Waals surface area contributed by atoms with Gasteiger partial charge >= 0.3 is 0 Å². The minimum atomic E-state index is 0.722. The van der Waals surface area contributed by atoms with Crippen LogP contribution in [0, 0.1) is 5.92 Å². The Labute approximate surface area is 68.6 Å². The fraction of sp³-hybridized carbons (Fsp3) is 0.778. The topological polar surface area (TPSA) is 21.3 Å². The molecule has 0 unspecified atom stereocenters. The van der Waals surface area contributed by atoms with Crippen LogP contribution in [-0.2, 0) is 4.74 Å². The van der Waals surface area contributed by atoms with Gasteiger partial charge in [0.2, 0.25) is 0 Å². The SMILES string of the molecule is C=C(C)COCCC1CNC1. The van der Waals surface area contributed by atoms with Crippen LogP contribution in [0.1, 0.15) is 13.3 Å². The molecule has 0 saturated carbocycles. The number of hydrogen-bond donors (Lipinski definition) is 1. The van der Waals surface area contributed by atoms with E-state index in [1.165, 1.54) is 19.5 Å². The molecule has 0 bridgehead atoms. The summed E-state index contributed by atoms with van der Waals surface area (Å²) in [5.41, 5.74) is 1.11. The van der Waals surface area contributed by atoms with E-state index in [1.54, 1.807) is 0 Å². The van der Waals surface area contributed by atoms with Crippen molar-refractivity contribution in [3.63, 3.8) is 0 Å². The molecule has 0 aromatic rings. The summed E-state index contributed by atoms with van der Waals surface area (Å²) in [6, 6.07) is 0. The minimum absolute atomic E-state index is 0.722. The summed E-state index contributed by atoms with van der Waals surface area (Å²) in [5.74, 6) is 0.861.